The van der Waals surface area contributed by atoms with Crippen molar-refractivity contribution in [3.8, 4) is 46.0 Å². The second-order valence-electron chi connectivity index (χ2n) is 25.0. The van der Waals surface area contributed by atoms with Gasteiger partial charge in [0.25, 0.3) is 0 Å². The summed E-state index contributed by atoms with van der Waals surface area (Å²) >= 11 is 13.0. The molecule has 4 atom stereocenters. The quantitative estimate of drug-likeness (QED) is 0.0372. The Morgan fingerprint density at radius 1 is 0.238 bits per heavy atom. The zero-order chi connectivity index (χ0) is 70.1. The number of benzene rings is 4. The minimum Gasteiger partial charge on any atom is -0.483 e. The van der Waals surface area contributed by atoms with Gasteiger partial charge in [-0.1, -0.05) is 52.0 Å². The Kier molecular flexibility index (Phi) is 28.1. The van der Waals surface area contributed by atoms with Crippen LogP contribution in [0.1, 0.15) is 136 Å². The van der Waals surface area contributed by atoms with Crippen LogP contribution in [0.25, 0.3) is 0 Å². The molecule has 4 aromatic carbocycles. The molecule has 0 saturated carbocycles. The molecule has 12 rings (SSSR count). The number of hydrogen-bond donors (Lipinski definition) is 0. The average molecular weight is 1530 g/mol. The molecular weight excluding hydrogens is 1440 g/mol. The van der Waals surface area contributed by atoms with E-state index in [1.807, 2.05) is 123 Å². The average Bonchev–Trinajstić information content (AvgIpc) is 1.88. The third-order valence-corrected chi connectivity index (χ3v) is 23.1. The van der Waals surface area contributed by atoms with Crippen LogP contribution in [0, 0.1) is 79.1 Å². The Hall–Kier alpha value is -7.39. The lowest BCUT2D eigenvalue weighted by molar-refractivity contribution is 0.251. The molecule has 101 heavy (non-hydrogen) atoms. The number of rotatable bonds is 34. The number of aryl methyl sites for hydroxylation is 8. The number of thiazole rings is 8. The van der Waals surface area contributed by atoms with Crippen LogP contribution in [-0.2, 0) is 78.5 Å². The van der Waals surface area contributed by atoms with Crippen molar-refractivity contribution in [1.29, 1.82) is 0 Å². The molecule has 0 N–H and O–H groups in total. The second kappa shape index (κ2) is 37.2. The van der Waals surface area contributed by atoms with Gasteiger partial charge in [-0.2, -0.15) is 0 Å². The van der Waals surface area contributed by atoms with E-state index in [1.54, 1.807) is 90.7 Å². The van der Waals surface area contributed by atoms with E-state index < -0.39 is 0 Å². The lowest BCUT2D eigenvalue weighted by Crippen LogP contribution is -2.14. The van der Waals surface area contributed by atoms with Gasteiger partial charge in [0.05, 0.1) is 85.6 Å². The minimum atomic E-state index is 0. The number of hydrogen-bond acceptors (Lipinski definition) is 24. The van der Waals surface area contributed by atoms with E-state index in [9.17, 15) is 0 Å². The molecule has 0 amide bonds. The van der Waals surface area contributed by atoms with Crippen LogP contribution in [0.4, 0.5) is 0 Å². The van der Waals surface area contributed by atoms with Crippen LogP contribution in [0.5, 0.6) is 46.0 Å². The standard InChI is InChI=1S/2C38H42N4O4S4.ClH/c2*1-23(11-29-7-9-35(43-15-31-19-47-25(3)39-31)37(13-29)45-17-33-21-49-27(5)41-33)24(2)12-30-8-10-36(44-16-32-20-48-26(4)40-32)38(14-30)46-18-34-22-50-28(6)42-34;/h2*7-10,13-14,19-24H,11-12,15-18H2,1-6H3;1H/t2*23-,24+;. The van der Waals surface area contributed by atoms with Crippen molar-refractivity contribution in [3.05, 3.63) is 224 Å². The van der Waals surface area contributed by atoms with Crippen molar-refractivity contribution < 1.29 is 37.9 Å². The van der Waals surface area contributed by atoms with Crippen LogP contribution in [0.3, 0.4) is 0 Å². The van der Waals surface area contributed by atoms with E-state index in [-0.39, 0.29) is 12.4 Å². The van der Waals surface area contributed by atoms with Gasteiger partial charge in [-0.25, -0.2) is 39.9 Å². The Morgan fingerprint density at radius 2 is 0.386 bits per heavy atom. The second-order valence-corrected chi connectivity index (χ2v) is 33.5. The molecule has 0 aliphatic heterocycles. The monoisotopic (exact) mass is 1530 g/mol. The van der Waals surface area contributed by atoms with Crippen LogP contribution in [-0.4, -0.2) is 39.9 Å². The van der Waals surface area contributed by atoms with Crippen molar-refractivity contribution in [2.45, 2.75) is 162 Å². The zero-order valence-corrected chi connectivity index (χ0v) is 66.2. The van der Waals surface area contributed by atoms with Gasteiger partial charge in [-0.3, -0.25) is 0 Å². The summed E-state index contributed by atoms with van der Waals surface area (Å²) in [5.41, 5.74) is 12.2. The van der Waals surface area contributed by atoms with Crippen LogP contribution in [0.15, 0.2) is 116 Å². The maximum Gasteiger partial charge on any atom is 0.162 e. The highest BCUT2D eigenvalue weighted by Crippen LogP contribution is 2.38. The fourth-order valence-corrected chi connectivity index (χ4v) is 15.7. The van der Waals surface area contributed by atoms with E-state index in [4.69, 9.17) is 37.9 Å². The lowest BCUT2D eigenvalue weighted by atomic mass is 9.85. The first-order chi connectivity index (χ1) is 48.3. The van der Waals surface area contributed by atoms with Crippen molar-refractivity contribution >= 4 is 103 Å². The first kappa shape index (κ1) is 76.3. The van der Waals surface area contributed by atoms with Gasteiger partial charge in [-0.15, -0.1) is 103 Å². The molecule has 8 heterocycles. The fraction of sp³-hybridized carbons (Fsp3) is 0.368. The third kappa shape index (κ3) is 23.3. The first-order valence-corrected chi connectivity index (χ1v) is 40.2. The lowest BCUT2D eigenvalue weighted by Gasteiger charge is -2.22. The van der Waals surface area contributed by atoms with Gasteiger partial charge in [0.15, 0.2) is 46.0 Å². The molecule has 0 aliphatic rings. The van der Waals surface area contributed by atoms with Crippen molar-refractivity contribution in [3.63, 3.8) is 0 Å². The Balaban J connectivity index is 0.000000216. The highest BCUT2D eigenvalue weighted by atomic mass is 35.5. The summed E-state index contributed by atoms with van der Waals surface area (Å²) in [6, 6.07) is 25.1. The van der Waals surface area contributed by atoms with Crippen LogP contribution in [0.2, 0.25) is 0 Å². The Bertz CT molecular complexity index is 4000. The molecule has 12 aromatic rings. The predicted octanol–water partition coefficient (Wildman–Crippen LogP) is 20.7. The number of ether oxygens (including phenoxy) is 8. The topological polar surface area (TPSA) is 177 Å². The number of nitrogens with zero attached hydrogens (tertiary/aromatic N) is 8. The summed E-state index contributed by atoms with van der Waals surface area (Å²) in [4.78, 5) is 36.5. The summed E-state index contributed by atoms with van der Waals surface area (Å²) < 4.78 is 50.0. The van der Waals surface area contributed by atoms with Gasteiger partial charge in [-0.05, 0) is 176 Å². The molecule has 0 fully saturated rings. The Labute approximate surface area is 630 Å². The third-order valence-electron chi connectivity index (χ3n) is 16.5. The molecule has 0 spiro atoms. The Morgan fingerprint density at radius 3 is 0.525 bits per heavy atom. The normalized spacial score (nSPS) is 12.4. The molecule has 0 bridgehead atoms. The van der Waals surface area contributed by atoms with Gasteiger partial charge < -0.3 is 37.9 Å². The highest BCUT2D eigenvalue weighted by molar-refractivity contribution is 7.11. The molecule has 0 radical (unpaired) electrons. The molecular formula is C76H85ClN8O8S8. The van der Waals surface area contributed by atoms with E-state index >= 15 is 0 Å². The predicted molar refractivity (Wildman–Crippen MR) is 414 cm³/mol. The van der Waals surface area contributed by atoms with Crippen LogP contribution < -0.4 is 37.9 Å². The minimum absolute atomic E-state index is 0. The molecule has 532 valence electrons. The molecule has 25 heteroatoms. The SMILES string of the molecule is Cc1nc(COc2ccc(C[C@@H](C)[C@@H](C)Cc3ccc(OCc4csc(C)n4)c(OCc4csc(C)n4)c3)cc2OCc2csc(C)n2)cs1.Cc1nc(COc2ccc(C[C@@H](C)[C@@H](C)Cc3ccc(OCc4csc(C)n4)c(OCc4csc(C)n4)c3)cc2OCc2csc(C)n2)cs1.Cl. The zero-order valence-electron chi connectivity index (χ0n) is 58.9. The molecule has 0 aliphatic carbocycles. The van der Waals surface area contributed by atoms with E-state index in [2.05, 4.69) is 116 Å². The van der Waals surface area contributed by atoms with E-state index in [0.717, 1.165) is 134 Å². The largest absolute Gasteiger partial charge is 0.483 e. The number of halogens is 1. The maximum atomic E-state index is 6.31. The van der Waals surface area contributed by atoms with Gasteiger partial charge >= 0.3 is 0 Å². The summed E-state index contributed by atoms with van der Waals surface area (Å²) in [7, 11) is 0. The van der Waals surface area contributed by atoms with Crippen LogP contribution >= 0.6 is 103 Å². The summed E-state index contributed by atoms with van der Waals surface area (Å²) in [6.07, 6.45) is 3.61. The molecule has 0 unspecified atom stereocenters. The van der Waals surface area contributed by atoms with Gasteiger partial charge in [0.2, 0.25) is 0 Å². The van der Waals surface area contributed by atoms with Gasteiger partial charge in [0.1, 0.15) is 52.9 Å². The molecule has 16 nitrogen and oxygen atoms in total. The number of aromatic nitrogens is 8. The van der Waals surface area contributed by atoms with Crippen molar-refractivity contribution in [2.75, 3.05) is 0 Å². The maximum absolute atomic E-state index is 6.31. The van der Waals surface area contributed by atoms with Crippen molar-refractivity contribution in [1.82, 2.24) is 39.9 Å². The van der Waals surface area contributed by atoms with E-state index in [1.165, 1.54) is 22.3 Å². The fourth-order valence-electron chi connectivity index (χ4n) is 10.9. The molecule has 0 saturated heterocycles. The summed E-state index contributed by atoms with van der Waals surface area (Å²) in [6.45, 7) is 28.4. The molecule has 8 aromatic heterocycles. The smallest absolute Gasteiger partial charge is 0.162 e. The van der Waals surface area contributed by atoms with Gasteiger partial charge in [0, 0.05) is 43.0 Å². The van der Waals surface area contributed by atoms with Crippen molar-refractivity contribution in [2.24, 2.45) is 23.7 Å². The summed E-state index contributed by atoms with van der Waals surface area (Å²) in [5, 5.41) is 24.5. The first-order valence-electron chi connectivity index (χ1n) is 33.2. The van der Waals surface area contributed by atoms with E-state index in [0.29, 0.717) is 99.5 Å². The highest BCUT2D eigenvalue weighted by Gasteiger charge is 2.22. The summed E-state index contributed by atoms with van der Waals surface area (Å²) in [5.74, 6) is 7.33.